The maximum atomic E-state index is 14.0. The van der Waals surface area contributed by atoms with E-state index in [2.05, 4.69) is 9.69 Å². The highest BCUT2D eigenvalue weighted by Crippen LogP contribution is 2.33. The van der Waals surface area contributed by atoms with Crippen molar-refractivity contribution >= 4 is 40.6 Å². The fraction of sp³-hybridized carbons (Fsp3) is 0.111. The van der Waals surface area contributed by atoms with Crippen molar-refractivity contribution in [1.82, 2.24) is 9.69 Å². The zero-order chi connectivity index (χ0) is 27.4. The summed E-state index contributed by atoms with van der Waals surface area (Å²) in [6.45, 7) is 1.95. The van der Waals surface area contributed by atoms with Crippen LogP contribution in [-0.2, 0) is 11.3 Å². The Morgan fingerprint density at radius 1 is 1.03 bits per heavy atom. The molecule has 11 heteroatoms. The summed E-state index contributed by atoms with van der Waals surface area (Å²) < 4.78 is 17.3. The van der Waals surface area contributed by atoms with E-state index in [0.717, 1.165) is 5.56 Å². The van der Waals surface area contributed by atoms with Crippen LogP contribution in [0.3, 0.4) is 0 Å². The molecule has 1 aromatic heterocycles. The van der Waals surface area contributed by atoms with Gasteiger partial charge >= 0.3 is 0 Å². The minimum Gasteiger partial charge on any atom is -0.508 e. The van der Waals surface area contributed by atoms with Gasteiger partial charge in [0.2, 0.25) is 5.91 Å². The van der Waals surface area contributed by atoms with E-state index in [-0.39, 0.29) is 28.6 Å². The highest BCUT2D eigenvalue weighted by Gasteiger charge is 2.36. The van der Waals surface area contributed by atoms with Crippen LogP contribution in [0.5, 0.6) is 5.75 Å². The first-order chi connectivity index (χ1) is 18.2. The first-order valence-electron chi connectivity index (χ1n) is 11.4. The number of aryl methyl sites for hydroxylation is 1. The zero-order valence-electron chi connectivity index (χ0n) is 20.2. The van der Waals surface area contributed by atoms with Crippen molar-refractivity contribution in [1.29, 1.82) is 0 Å². The first-order valence-corrected chi connectivity index (χ1v) is 12.2. The van der Waals surface area contributed by atoms with Crippen LogP contribution < -0.4 is 21.7 Å². The van der Waals surface area contributed by atoms with Crippen molar-refractivity contribution in [3.63, 3.8) is 0 Å². The van der Waals surface area contributed by atoms with Crippen LogP contribution in [0, 0.1) is 12.7 Å². The van der Waals surface area contributed by atoms with E-state index < -0.39 is 29.6 Å². The van der Waals surface area contributed by atoms with Crippen LogP contribution in [0.1, 0.15) is 42.9 Å². The summed E-state index contributed by atoms with van der Waals surface area (Å²) in [4.78, 5) is 40.6. The van der Waals surface area contributed by atoms with Crippen molar-refractivity contribution in [3.05, 3.63) is 106 Å². The quantitative estimate of drug-likeness (QED) is 0.271. The Morgan fingerprint density at radius 3 is 2.24 bits per heavy atom. The lowest BCUT2D eigenvalue weighted by Gasteiger charge is -2.31. The highest BCUT2D eigenvalue weighted by atomic mass is 32.1. The molecule has 3 aromatic carbocycles. The molecular weight excluding hydrogens is 509 g/mol. The van der Waals surface area contributed by atoms with Crippen LogP contribution >= 0.6 is 11.5 Å². The molecule has 0 aliphatic rings. The number of aromatic hydroxyl groups is 1. The summed E-state index contributed by atoms with van der Waals surface area (Å²) in [5.74, 6) is -2.54. The number of nitrogen functional groups attached to an aromatic ring is 1. The van der Waals surface area contributed by atoms with E-state index in [1.165, 1.54) is 53.4 Å². The Balaban J connectivity index is 1.80. The Labute approximate surface area is 221 Å². The molecule has 0 saturated carbocycles. The molecule has 0 bridgehead atoms. The van der Waals surface area contributed by atoms with Gasteiger partial charge in [-0.15, -0.1) is 0 Å². The third-order valence-corrected chi connectivity index (χ3v) is 6.63. The topological polar surface area (TPSA) is 152 Å². The number of phenols is 1. The van der Waals surface area contributed by atoms with Gasteiger partial charge in [0.1, 0.15) is 22.5 Å². The number of rotatable bonds is 8. The molecule has 38 heavy (non-hydrogen) atoms. The SMILES string of the molecule is Cc1ccc(N(C(=O)c2snc(C(N)=O)c2N)[C@@H](C(=O)NCc2ccc(F)cc2)c2ccc(O)cc2)cc1. The van der Waals surface area contributed by atoms with Crippen LogP contribution in [0.25, 0.3) is 0 Å². The number of primary amides is 1. The summed E-state index contributed by atoms with van der Waals surface area (Å²) in [6.07, 6.45) is 0. The smallest absolute Gasteiger partial charge is 0.273 e. The number of halogens is 1. The zero-order valence-corrected chi connectivity index (χ0v) is 21.0. The minimum atomic E-state index is -1.22. The molecule has 0 aliphatic heterocycles. The standard InChI is InChI=1S/C27H24FN5O4S/c1-15-2-10-19(11-3-15)33(27(37)24-21(29)22(25(30)35)32-38-24)23(17-6-12-20(34)13-7-17)26(36)31-14-16-4-8-18(28)9-5-16/h2-13,23,34H,14,29H2,1H3,(H2,30,35)(H,31,36)/t23-/m1/s1. The molecule has 0 unspecified atom stereocenters. The van der Waals surface area contributed by atoms with Gasteiger partial charge in [-0.3, -0.25) is 19.3 Å². The molecule has 194 valence electrons. The van der Waals surface area contributed by atoms with E-state index in [0.29, 0.717) is 28.3 Å². The normalized spacial score (nSPS) is 11.5. The second kappa shape index (κ2) is 11.1. The van der Waals surface area contributed by atoms with Crippen molar-refractivity contribution in [2.45, 2.75) is 19.5 Å². The van der Waals surface area contributed by atoms with Gasteiger partial charge in [-0.1, -0.05) is 42.0 Å². The summed E-state index contributed by atoms with van der Waals surface area (Å²) in [5, 5.41) is 12.6. The van der Waals surface area contributed by atoms with Crippen molar-refractivity contribution in [2.75, 3.05) is 10.6 Å². The van der Waals surface area contributed by atoms with E-state index >= 15 is 0 Å². The maximum Gasteiger partial charge on any atom is 0.273 e. The largest absolute Gasteiger partial charge is 0.508 e. The lowest BCUT2D eigenvalue weighted by atomic mass is 10.0. The summed E-state index contributed by atoms with van der Waals surface area (Å²) >= 11 is 0.703. The number of nitrogens with two attached hydrogens (primary N) is 2. The molecule has 1 atom stereocenters. The highest BCUT2D eigenvalue weighted by molar-refractivity contribution is 7.09. The molecule has 0 spiro atoms. The van der Waals surface area contributed by atoms with E-state index in [4.69, 9.17) is 11.5 Å². The lowest BCUT2D eigenvalue weighted by molar-refractivity contribution is -0.122. The Hall–Kier alpha value is -4.77. The number of phenolic OH excluding ortho intramolecular Hbond substituents is 1. The van der Waals surface area contributed by atoms with Gasteiger partial charge in [-0.05, 0) is 66.0 Å². The molecule has 4 rings (SSSR count). The van der Waals surface area contributed by atoms with Crippen LogP contribution in [0.2, 0.25) is 0 Å². The minimum absolute atomic E-state index is 0.0229. The molecular formula is C27H24FN5O4S. The van der Waals surface area contributed by atoms with Crippen LogP contribution in [0.4, 0.5) is 15.8 Å². The van der Waals surface area contributed by atoms with Gasteiger partial charge in [0.15, 0.2) is 5.69 Å². The van der Waals surface area contributed by atoms with Gasteiger partial charge in [-0.25, -0.2) is 4.39 Å². The predicted molar refractivity (Wildman–Crippen MR) is 142 cm³/mol. The van der Waals surface area contributed by atoms with Gasteiger partial charge in [0.05, 0.1) is 5.69 Å². The average Bonchev–Trinajstić information content (AvgIpc) is 3.29. The molecule has 0 saturated heterocycles. The number of hydrogen-bond acceptors (Lipinski definition) is 7. The first kappa shape index (κ1) is 26.3. The number of benzene rings is 3. The molecule has 0 aliphatic carbocycles. The van der Waals surface area contributed by atoms with Gasteiger partial charge in [-0.2, -0.15) is 4.37 Å². The molecule has 9 nitrogen and oxygen atoms in total. The Morgan fingerprint density at radius 2 is 1.66 bits per heavy atom. The van der Waals surface area contributed by atoms with Gasteiger partial charge < -0.3 is 21.9 Å². The number of carbonyl (C=O) groups excluding carboxylic acids is 3. The number of nitrogens with zero attached hydrogens (tertiary/aromatic N) is 2. The van der Waals surface area contributed by atoms with Gasteiger partial charge in [0.25, 0.3) is 11.8 Å². The van der Waals surface area contributed by atoms with Crippen molar-refractivity contribution in [3.8, 4) is 5.75 Å². The molecule has 4 aromatic rings. The molecule has 0 radical (unpaired) electrons. The van der Waals surface area contributed by atoms with E-state index in [1.54, 1.807) is 24.3 Å². The monoisotopic (exact) mass is 533 g/mol. The molecule has 0 fully saturated rings. The average molecular weight is 534 g/mol. The summed E-state index contributed by atoms with van der Waals surface area (Å²) in [5.41, 5.74) is 13.3. The fourth-order valence-corrected chi connectivity index (χ4v) is 4.53. The number of hydrogen-bond donors (Lipinski definition) is 4. The van der Waals surface area contributed by atoms with Crippen molar-refractivity contribution < 1.29 is 23.9 Å². The predicted octanol–water partition coefficient (Wildman–Crippen LogP) is 3.68. The third-order valence-electron chi connectivity index (χ3n) is 5.78. The number of aromatic nitrogens is 1. The number of nitrogens with one attached hydrogen (secondary N) is 1. The molecule has 1 heterocycles. The molecule has 3 amide bonds. The number of anilines is 2. The second-order valence-electron chi connectivity index (χ2n) is 8.49. The third kappa shape index (κ3) is 5.62. The van der Waals surface area contributed by atoms with Crippen LogP contribution in [-0.4, -0.2) is 27.2 Å². The van der Waals surface area contributed by atoms with Crippen molar-refractivity contribution in [2.24, 2.45) is 5.73 Å². The maximum absolute atomic E-state index is 14.0. The van der Waals surface area contributed by atoms with E-state index in [1.807, 2.05) is 6.92 Å². The molecule has 6 N–H and O–H groups in total. The van der Waals surface area contributed by atoms with E-state index in [9.17, 15) is 23.9 Å². The van der Waals surface area contributed by atoms with Gasteiger partial charge in [0, 0.05) is 12.2 Å². The van der Waals surface area contributed by atoms with Crippen LogP contribution in [0.15, 0.2) is 72.8 Å². The fourth-order valence-electron chi connectivity index (χ4n) is 3.79. The summed E-state index contributed by atoms with van der Waals surface area (Å²) in [7, 11) is 0. The number of carbonyl (C=O) groups is 3. The lowest BCUT2D eigenvalue weighted by Crippen LogP contribution is -2.44. The number of amides is 3. The Kier molecular flexibility index (Phi) is 7.68. The second-order valence-corrected chi connectivity index (χ2v) is 9.26. The Bertz CT molecular complexity index is 1470. The summed E-state index contributed by atoms with van der Waals surface area (Å²) in [6, 6.07) is 17.2.